The molecule has 0 amide bonds. The molecule has 1 N–H and O–H groups in total. The minimum absolute atomic E-state index is 0.138. The minimum Gasteiger partial charge on any atom is -0.385 e. The zero-order chi connectivity index (χ0) is 15.4. The number of aromatic nitrogens is 2. The average Bonchev–Trinajstić information content (AvgIpc) is 3.37. The summed E-state index contributed by atoms with van der Waals surface area (Å²) in [5.41, 5.74) is 1.17. The fourth-order valence-corrected chi connectivity index (χ4v) is 2.55. The van der Waals surface area contributed by atoms with Crippen LogP contribution in [-0.2, 0) is 4.74 Å². The second kappa shape index (κ2) is 7.07. The summed E-state index contributed by atoms with van der Waals surface area (Å²) in [5, 5.41) is 4.24. The van der Waals surface area contributed by atoms with Crippen molar-refractivity contribution in [2.24, 2.45) is 0 Å². The first kappa shape index (κ1) is 15.3. The summed E-state index contributed by atoms with van der Waals surface area (Å²) in [4.78, 5) is 9.00. The lowest BCUT2D eigenvalue weighted by atomic mass is 10.0. The van der Waals surface area contributed by atoms with Crippen LogP contribution in [0.5, 0.6) is 0 Å². The van der Waals surface area contributed by atoms with Crippen LogP contribution >= 0.6 is 11.6 Å². The molecule has 3 rings (SSSR count). The van der Waals surface area contributed by atoms with Crippen molar-refractivity contribution in [3.05, 3.63) is 52.9 Å². The SMILES string of the molecule is COCCC(Nc1ccnc(C2CC2)n1)c1ccc(Cl)cc1. The lowest BCUT2D eigenvalue weighted by Gasteiger charge is -2.20. The molecule has 1 heterocycles. The molecule has 0 radical (unpaired) electrons. The largest absolute Gasteiger partial charge is 0.385 e. The zero-order valence-corrected chi connectivity index (χ0v) is 13.4. The third kappa shape index (κ3) is 3.96. The molecule has 1 aromatic heterocycles. The molecule has 2 aromatic rings. The number of methoxy groups -OCH3 is 1. The van der Waals surface area contributed by atoms with Crippen molar-refractivity contribution >= 4 is 17.4 Å². The first-order chi connectivity index (χ1) is 10.8. The monoisotopic (exact) mass is 317 g/mol. The Morgan fingerprint density at radius 1 is 1.27 bits per heavy atom. The van der Waals surface area contributed by atoms with Crippen molar-refractivity contribution in [3.63, 3.8) is 0 Å². The van der Waals surface area contributed by atoms with E-state index < -0.39 is 0 Å². The highest BCUT2D eigenvalue weighted by Gasteiger charge is 2.26. The van der Waals surface area contributed by atoms with Crippen molar-refractivity contribution in [1.82, 2.24) is 9.97 Å². The lowest BCUT2D eigenvalue weighted by molar-refractivity contribution is 0.190. The molecule has 116 valence electrons. The van der Waals surface area contributed by atoms with E-state index in [4.69, 9.17) is 16.3 Å². The number of nitrogens with one attached hydrogen (secondary N) is 1. The molecule has 22 heavy (non-hydrogen) atoms. The molecule has 1 fully saturated rings. The van der Waals surface area contributed by atoms with Crippen LogP contribution in [0.15, 0.2) is 36.5 Å². The summed E-state index contributed by atoms with van der Waals surface area (Å²) in [6.45, 7) is 0.681. The second-order valence-electron chi connectivity index (χ2n) is 5.60. The van der Waals surface area contributed by atoms with E-state index in [0.29, 0.717) is 12.5 Å². The summed E-state index contributed by atoms with van der Waals surface area (Å²) >= 11 is 5.98. The van der Waals surface area contributed by atoms with Gasteiger partial charge in [0.2, 0.25) is 0 Å². The normalized spacial score (nSPS) is 15.5. The number of ether oxygens (including phenoxy) is 1. The molecule has 1 aromatic carbocycles. The molecule has 1 saturated carbocycles. The Balaban J connectivity index is 1.76. The van der Waals surface area contributed by atoms with Crippen LogP contribution in [0.2, 0.25) is 5.02 Å². The maximum Gasteiger partial charge on any atom is 0.133 e. The van der Waals surface area contributed by atoms with Gasteiger partial charge in [-0.05, 0) is 43.0 Å². The predicted molar refractivity (Wildman–Crippen MR) is 88.3 cm³/mol. The van der Waals surface area contributed by atoms with Crippen LogP contribution < -0.4 is 5.32 Å². The molecule has 0 saturated heterocycles. The van der Waals surface area contributed by atoms with Crippen LogP contribution in [0.1, 0.15) is 42.6 Å². The lowest BCUT2D eigenvalue weighted by Crippen LogP contribution is -2.14. The highest BCUT2D eigenvalue weighted by Crippen LogP contribution is 2.38. The molecular formula is C17H20ClN3O. The fraction of sp³-hybridized carbons (Fsp3) is 0.412. The molecular weight excluding hydrogens is 298 g/mol. The van der Waals surface area contributed by atoms with E-state index in [1.54, 1.807) is 7.11 Å². The van der Waals surface area contributed by atoms with Crippen LogP contribution in [0.3, 0.4) is 0 Å². The Labute approximate surface area is 135 Å². The number of benzene rings is 1. The maximum absolute atomic E-state index is 5.98. The van der Waals surface area contributed by atoms with Gasteiger partial charge in [0.15, 0.2) is 0 Å². The van der Waals surface area contributed by atoms with Gasteiger partial charge in [-0.2, -0.15) is 0 Å². The van der Waals surface area contributed by atoms with Gasteiger partial charge in [-0.3, -0.25) is 0 Å². The van der Waals surface area contributed by atoms with E-state index in [2.05, 4.69) is 15.3 Å². The van der Waals surface area contributed by atoms with Gasteiger partial charge in [0.05, 0.1) is 6.04 Å². The highest BCUT2D eigenvalue weighted by molar-refractivity contribution is 6.30. The third-order valence-electron chi connectivity index (χ3n) is 3.82. The molecule has 4 nitrogen and oxygen atoms in total. The van der Waals surface area contributed by atoms with Crippen molar-refractivity contribution in [2.75, 3.05) is 19.0 Å². The van der Waals surface area contributed by atoms with Crippen molar-refractivity contribution in [2.45, 2.75) is 31.2 Å². The van der Waals surface area contributed by atoms with Gasteiger partial charge in [0.25, 0.3) is 0 Å². The number of anilines is 1. The summed E-state index contributed by atoms with van der Waals surface area (Å²) < 4.78 is 5.23. The van der Waals surface area contributed by atoms with Crippen LogP contribution in [0.4, 0.5) is 5.82 Å². The molecule has 5 heteroatoms. The van der Waals surface area contributed by atoms with E-state index in [9.17, 15) is 0 Å². The van der Waals surface area contributed by atoms with Crippen molar-refractivity contribution in [1.29, 1.82) is 0 Å². The zero-order valence-electron chi connectivity index (χ0n) is 12.6. The van der Waals surface area contributed by atoms with Crippen molar-refractivity contribution in [3.8, 4) is 0 Å². The maximum atomic E-state index is 5.98. The van der Waals surface area contributed by atoms with Crippen LogP contribution in [0, 0.1) is 0 Å². The Hall–Kier alpha value is -1.65. The molecule has 1 atom stereocenters. The number of nitrogens with zero attached hydrogens (tertiary/aromatic N) is 2. The number of rotatable bonds is 7. The highest BCUT2D eigenvalue weighted by atomic mass is 35.5. The van der Waals surface area contributed by atoms with Gasteiger partial charge in [-0.25, -0.2) is 9.97 Å². The van der Waals surface area contributed by atoms with E-state index in [-0.39, 0.29) is 6.04 Å². The predicted octanol–water partition coefficient (Wildman–Crippen LogP) is 4.20. The van der Waals surface area contributed by atoms with Gasteiger partial charge < -0.3 is 10.1 Å². The Morgan fingerprint density at radius 2 is 2.05 bits per heavy atom. The van der Waals surface area contributed by atoms with Gasteiger partial charge in [0, 0.05) is 30.9 Å². The quantitative estimate of drug-likeness (QED) is 0.831. The minimum atomic E-state index is 0.138. The third-order valence-corrected chi connectivity index (χ3v) is 4.07. The average molecular weight is 318 g/mol. The molecule has 0 aliphatic heterocycles. The summed E-state index contributed by atoms with van der Waals surface area (Å²) in [5.74, 6) is 2.37. The van der Waals surface area contributed by atoms with Crippen LogP contribution in [-0.4, -0.2) is 23.7 Å². The second-order valence-corrected chi connectivity index (χ2v) is 6.04. The Kier molecular flexibility index (Phi) is 4.90. The summed E-state index contributed by atoms with van der Waals surface area (Å²) in [6, 6.07) is 9.96. The first-order valence-electron chi connectivity index (χ1n) is 7.60. The van der Waals surface area contributed by atoms with E-state index in [0.717, 1.165) is 23.1 Å². The number of halogens is 1. The topological polar surface area (TPSA) is 47.0 Å². The Bertz CT molecular complexity index is 614. The van der Waals surface area contributed by atoms with Gasteiger partial charge >= 0.3 is 0 Å². The van der Waals surface area contributed by atoms with Gasteiger partial charge in [-0.1, -0.05) is 23.7 Å². The molecule has 0 spiro atoms. The van der Waals surface area contributed by atoms with Gasteiger partial charge in [0.1, 0.15) is 11.6 Å². The molecule has 1 unspecified atom stereocenters. The first-order valence-corrected chi connectivity index (χ1v) is 7.98. The molecule has 1 aliphatic carbocycles. The molecule has 0 bridgehead atoms. The van der Waals surface area contributed by atoms with E-state index >= 15 is 0 Å². The number of hydrogen-bond acceptors (Lipinski definition) is 4. The summed E-state index contributed by atoms with van der Waals surface area (Å²) in [7, 11) is 1.72. The van der Waals surface area contributed by atoms with E-state index in [1.165, 1.54) is 18.4 Å². The smallest absolute Gasteiger partial charge is 0.133 e. The fourth-order valence-electron chi connectivity index (χ4n) is 2.42. The molecule has 1 aliphatic rings. The van der Waals surface area contributed by atoms with Gasteiger partial charge in [-0.15, -0.1) is 0 Å². The van der Waals surface area contributed by atoms with Crippen molar-refractivity contribution < 1.29 is 4.74 Å². The Morgan fingerprint density at radius 3 is 2.73 bits per heavy atom. The standard InChI is InChI=1S/C17H20ClN3O/c1-22-11-9-15(12-4-6-14(18)7-5-12)20-16-8-10-19-17(21-16)13-2-3-13/h4-8,10,13,15H,2-3,9,11H2,1H3,(H,19,20,21). The van der Waals surface area contributed by atoms with Crippen LogP contribution in [0.25, 0.3) is 0 Å². The van der Waals surface area contributed by atoms with E-state index in [1.807, 2.05) is 36.5 Å². The number of hydrogen-bond donors (Lipinski definition) is 1. The summed E-state index contributed by atoms with van der Waals surface area (Å²) in [6.07, 6.45) is 5.10.